The molecule has 0 aliphatic carbocycles. The lowest BCUT2D eigenvalue weighted by Crippen LogP contribution is -2.41. The van der Waals surface area contributed by atoms with Gasteiger partial charge in [-0.2, -0.15) is 0 Å². The van der Waals surface area contributed by atoms with Gasteiger partial charge >= 0.3 is 5.97 Å². The fourth-order valence-corrected chi connectivity index (χ4v) is 3.02. The molecule has 1 atom stereocenters. The quantitative estimate of drug-likeness (QED) is 0.910. The summed E-state index contributed by atoms with van der Waals surface area (Å²) in [5.41, 5.74) is 2.19. The standard InChI is InChI=1S/C17H19N3O4/c1-19-10-18-14-9-20(8-13(16(14)19)17(22)23)15(21)7-11-3-5-12(24-2)6-4-11/h3-6,10,13H,7-9H2,1-2H3,(H,22,23). The molecule has 1 aromatic heterocycles. The van der Waals surface area contributed by atoms with Crippen molar-refractivity contribution in [1.29, 1.82) is 0 Å². The molecule has 24 heavy (non-hydrogen) atoms. The number of aromatic nitrogens is 2. The van der Waals surface area contributed by atoms with Crippen LogP contribution in [0.1, 0.15) is 22.9 Å². The Morgan fingerprint density at radius 1 is 1.33 bits per heavy atom. The summed E-state index contributed by atoms with van der Waals surface area (Å²) in [7, 11) is 3.36. The molecule has 0 saturated carbocycles. The van der Waals surface area contributed by atoms with E-state index in [1.165, 1.54) is 0 Å². The van der Waals surface area contributed by atoms with Gasteiger partial charge in [0.1, 0.15) is 11.7 Å². The van der Waals surface area contributed by atoms with Gasteiger partial charge in [0.15, 0.2) is 0 Å². The van der Waals surface area contributed by atoms with Gasteiger partial charge in [-0.15, -0.1) is 0 Å². The number of carbonyl (C=O) groups excluding carboxylic acids is 1. The number of benzene rings is 1. The number of methoxy groups -OCH3 is 1. The maximum Gasteiger partial charge on any atom is 0.314 e. The highest BCUT2D eigenvalue weighted by Crippen LogP contribution is 2.28. The Labute approximate surface area is 139 Å². The first kappa shape index (κ1) is 16.0. The van der Waals surface area contributed by atoms with E-state index in [1.807, 2.05) is 12.1 Å². The Morgan fingerprint density at radius 2 is 2.04 bits per heavy atom. The second-order valence-corrected chi connectivity index (χ2v) is 5.88. The predicted octanol–water partition coefficient (Wildman–Crippen LogP) is 1.18. The minimum atomic E-state index is -0.943. The van der Waals surface area contributed by atoms with Crippen LogP contribution in [0.3, 0.4) is 0 Å². The molecule has 1 amide bonds. The van der Waals surface area contributed by atoms with Gasteiger partial charge in [0.25, 0.3) is 0 Å². The van der Waals surface area contributed by atoms with Crippen LogP contribution in [0, 0.1) is 0 Å². The topological polar surface area (TPSA) is 84.7 Å². The molecule has 1 unspecified atom stereocenters. The first-order valence-corrected chi connectivity index (χ1v) is 7.63. The van der Waals surface area contributed by atoms with Crippen LogP contribution in [0.4, 0.5) is 0 Å². The van der Waals surface area contributed by atoms with E-state index in [2.05, 4.69) is 4.98 Å². The maximum absolute atomic E-state index is 12.6. The monoisotopic (exact) mass is 329 g/mol. The molecule has 1 aliphatic heterocycles. The molecular weight excluding hydrogens is 310 g/mol. The van der Waals surface area contributed by atoms with E-state index in [-0.39, 0.29) is 18.9 Å². The Bertz CT molecular complexity index is 767. The van der Waals surface area contributed by atoms with Crippen molar-refractivity contribution in [2.45, 2.75) is 18.9 Å². The van der Waals surface area contributed by atoms with E-state index in [4.69, 9.17) is 4.74 Å². The molecule has 3 rings (SSSR count). The fraction of sp³-hybridized carbons (Fsp3) is 0.353. The Kier molecular flexibility index (Phi) is 4.24. The van der Waals surface area contributed by atoms with Crippen molar-refractivity contribution in [1.82, 2.24) is 14.5 Å². The van der Waals surface area contributed by atoms with Gasteiger partial charge in [-0.3, -0.25) is 9.59 Å². The van der Waals surface area contributed by atoms with Crippen LogP contribution in [-0.4, -0.2) is 45.1 Å². The Balaban J connectivity index is 1.77. The highest BCUT2D eigenvalue weighted by atomic mass is 16.5. The van der Waals surface area contributed by atoms with Gasteiger partial charge in [0, 0.05) is 13.6 Å². The summed E-state index contributed by atoms with van der Waals surface area (Å²) in [6.07, 6.45) is 1.82. The molecule has 1 N–H and O–H groups in total. The number of rotatable bonds is 4. The van der Waals surface area contributed by atoms with Crippen molar-refractivity contribution in [2.24, 2.45) is 7.05 Å². The number of fused-ring (bicyclic) bond motifs is 1. The summed E-state index contributed by atoms with van der Waals surface area (Å²) in [5, 5.41) is 9.48. The first-order valence-electron chi connectivity index (χ1n) is 7.63. The molecule has 7 nitrogen and oxygen atoms in total. The second kappa shape index (κ2) is 6.35. The number of amides is 1. The van der Waals surface area contributed by atoms with Gasteiger partial charge in [0.2, 0.25) is 5.91 Å². The van der Waals surface area contributed by atoms with E-state index < -0.39 is 11.9 Å². The lowest BCUT2D eigenvalue weighted by Gasteiger charge is -2.31. The first-order chi connectivity index (χ1) is 11.5. The van der Waals surface area contributed by atoms with E-state index in [9.17, 15) is 14.7 Å². The summed E-state index contributed by atoms with van der Waals surface area (Å²) in [4.78, 5) is 30.0. The zero-order valence-corrected chi connectivity index (χ0v) is 13.6. The number of carboxylic acids is 1. The van der Waals surface area contributed by atoms with Crippen LogP contribution in [0.25, 0.3) is 0 Å². The number of carbonyl (C=O) groups is 2. The summed E-state index contributed by atoms with van der Waals surface area (Å²) in [5.74, 6) is -1.07. The molecule has 0 bridgehead atoms. The largest absolute Gasteiger partial charge is 0.497 e. The third kappa shape index (κ3) is 2.97. The molecule has 0 spiro atoms. The number of imidazole rings is 1. The molecule has 126 valence electrons. The fourth-order valence-electron chi connectivity index (χ4n) is 3.02. The van der Waals surface area contributed by atoms with Crippen LogP contribution in [0.2, 0.25) is 0 Å². The highest BCUT2D eigenvalue weighted by Gasteiger charge is 2.35. The maximum atomic E-state index is 12.6. The van der Waals surface area contributed by atoms with Gasteiger partial charge < -0.3 is 19.3 Å². The molecule has 0 fully saturated rings. The zero-order valence-electron chi connectivity index (χ0n) is 13.6. The van der Waals surface area contributed by atoms with Crippen molar-refractivity contribution >= 4 is 11.9 Å². The number of hydrogen-bond donors (Lipinski definition) is 1. The number of aliphatic carboxylic acids is 1. The SMILES string of the molecule is COc1ccc(CC(=O)N2Cc3ncn(C)c3C(C(=O)O)C2)cc1. The average Bonchev–Trinajstić information content (AvgIpc) is 2.96. The summed E-state index contributed by atoms with van der Waals surface area (Å²) < 4.78 is 6.82. The van der Waals surface area contributed by atoms with Crippen molar-refractivity contribution < 1.29 is 19.4 Å². The normalized spacial score (nSPS) is 16.6. The van der Waals surface area contributed by atoms with Gasteiger partial charge in [-0.1, -0.05) is 12.1 Å². The number of carboxylic acid groups (broad SMARTS) is 1. The zero-order chi connectivity index (χ0) is 17.3. The summed E-state index contributed by atoms with van der Waals surface area (Å²) in [6.45, 7) is 0.506. The van der Waals surface area contributed by atoms with Crippen molar-refractivity contribution in [2.75, 3.05) is 13.7 Å². The lowest BCUT2D eigenvalue weighted by molar-refractivity contribution is -0.141. The smallest absolute Gasteiger partial charge is 0.314 e. The van der Waals surface area contributed by atoms with E-state index in [0.29, 0.717) is 17.9 Å². The lowest BCUT2D eigenvalue weighted by atomic mass is 9.97. The molecule has 1 aromatic carbocycles. The van der Waals surface area contributed by atoms with Crippen molar-refractivity contribution in [3.05, 3.63) is 47.5 Å². The van der Waals surface area contributed by atoms with Crippen LogP contribution < -0.4 is 4.74 Å². The molecule has 1 aliphatic rings. The van der Waals surface area contributed by atoms with E-state index in [0.717, 1.165) is 11.3 Å². The Hall–Kier alpha value is -2.83. The molecule has 2 heterocycles. The predicted molar refractivity (Wildman–Crippen MR) is 85.7 cm³/mol. The van der Waals surface area contributed by atoms with E-state index in [1.54, 1.807) is 42.1 Å². The second-order valence-electron chi connectivity index (χ2n) is 5.88. The van der Waals surface area contributed by atoms with Gasteiger partial charge in [-0.05, 0) is 17.7 Å². The van der Waals surface area contributed by atoms with Crippen molar-refractivity contribution in [3.8, 4) is 5.75 Å². The summed E-state index contributed by atoms with van der Waals surface area (Å²) >= 11 is 0. The number of nitrogens with zero attached hydrogens (tertiary/aromatic N) is 3. The third-order valence-electron chi connectivity index (χ3n) is 4.30. The van der Waals surface area contributed by atoms with Gasteiger partial charge in [0.05, 0.1) is 37.8 Å². The number of hydrogen-bond acceptors (Lipinski definition) is 4. The molecular formula is C17H19N3O4. The third-order valence-corrected chi connectivity index (χ3v) is 4.30. The van der Waals surface area contributed by atoms with Crippen molar-refractivity contribution in [3.63, 3.8) is 0 Å². The van der Waals surface area contributed by atoms with E-state index >= 15 is 0 Å². The van der Waals surface area contributed by atoms with Crippen LogP contribution in [0.15, 0.2) is 30.6 Å². The van der Waals surface area contributed by atoms with Crippen LogP contribution in [-0.2, 0) is 29.6 Å². The molecule has 7 heteroatoms. The minimum Gasteiger partial charge on any atom is -0.497 e. The van der Waals surface area contributed by atoms with Crippen LogP contribution >= 0.6 is 0 Å². The number of aryl methyl sites for hydroxylation is 1. The molecule has 0 radical (unpaired) electrons. The highest BCUT2D eigenvalue weighted by molar-refractivity contribution is 5.82. The summed E-state index contributed by atoms with van der Waals surface area (Å²) in [6, 6.07) is 7.27. The van der Waals surface area contributed by atoms with Crippen LogP contribution in [0.5, 0.6) is 5.75 Å². The molecule has 0 saturated heterocycles. The number of ether oxygens (including phenoxy) is 1. The molecule has 2 aromatic rings. The van der Waals surface area contributed by atoms with Gasteiger partial charge in [-0.25, -0.2) is 4.98 Å². The average molecular weight is 329 g/mol. The Morgan fingerprint density at radius 3 is 2.67 bits per heavy atom. The minimum absolute atomic E-state index is 0.109.